The summed E-state index contributed by atoms with van der Waals surface area (Å²) in [5.74, 6) is 0. The first kappa shape index (κ1) is 24.4. The van der Waals surface area contributed by atoms with E-state index < -0.39 is 0 Å². The van der Waals surface area contributed by atoms with Gasteiger partial charge in [-0.25, -0.2) is 9.97 Å². The quantitative estimate of drug-likeness (QED) is 0.198. The van der Waals surface area contributed by atoms with Gasteiger partial charge in [0.1, 0.15) is 0 Å². The number of para-hydroxylation sites is 3. The van der Waals surface area contributed by atoms with Gasteiger partial charge in [-0.05, 0) is 68.7 Å². The van der Waals surface area contributed by atoms with E-state index >= 15 is 0 Å². The third kappa shape index (κ3) is 3.41. The van der Waals surface area contributed by atoms with E-state index in [2.05, 4.69) is 132 Å². The minimum atomic E-state index is 0.886. The average molecular weight is 572 g/mol. The molecule has 0 saturated heterocycles. The van der Waals surface area contributed by atoms with E-state index in [1.165, 1.54) is 48.6 Å². The molecule has 0 radical (unpaired) electrons. The Morgan fingerprint density at radius 3 is 1.87 bits per heavy atom. The lowest BCUT2D eigenvalue weighted by molar-refractivity contribution is 1.18. The predicted molar refractivity (Wildman–Crippen MR) is 188 cm³/mol. The first-order valence-corrected chi connectivity index (χ1v) is 15.4. The second-order valence-electron chi connectivity index (χ2n) is 11.7. The van der Waals surface area contributed by atoms with E-state index in [4.69, 9.17) is 9.97 Å². The van der Waals surface area contributed by atoms with Crippen LogP contribution in [0.2, 0.25) is 0 Å². The van der Waals surface area contributed by atoms with Gasteiger partial charge in [-0.1, -0.05) is 115 Å². The first-order chi connectivity index (χ1) is 22.3. The number of benzene rings is 8. The highest BCUT2D eigenvalue weighted by molar-refractivity contribution is 6.39. The number of aromatic nitrogens is 3. The molecule has 0 spiro atoms. The van der Waals surface area contributed by atoms with E-state index in [-0.39, 0.29) is 0 Å². The van der Waals surface area contributed by atoms with Crippen molar-refractivity contribution in [1.82, 2.24) is 14.5 Å². The molecule has 8 aromatic carbocycles. The molecular weight excluding hydrogens is 546 g/mol. The second kappa shape index (κ2) is 9.22. The van der Waals surface area contributed by atoms with Crippen molar-refractivity contribution < 1.29 is 0 Å². The normalized spacial score (nSPS) is 12.0. The van der Waals surface area contributed by atoms with Gasteiger partial charge >= 0.3 is 0 Å². The van der Waals surface area contributed by atoms with Gasteiger partial charge in [0.25, 0.3) is 0 Å². The van der Waals surface area contributed by atoms with Crippen molar-refractivity contribution in [3.05, 3.63) is 152 Å². The van der Waals surface area contributed by atoms with Gasteiger partial charge in [0.2, 0.25) is 0 Å². The fourth-order valence-electron chi connectivity index (χ4n) is 7.43. The zero-order valence-electron chi connectivity index (χ0n) is 24.3. The van der Waals surface area contributed by atoms with Crippen LogP contribution in [0.3, 0.4) is 0 Å². The van der Waals surface area contributed by atoms with Gasteiger partial charge < -0.3 is 4.57 Å². The lowest BCUT2D eigenvalue weighted by Crippen LogP contribution is -1.99. The summed E-state index contributed by atoms with van der Waals surface area (Å²) < 4.78 is 2.44. The SMILES string of the molecule is c1ccc(-c2nc3ccccc3nc2-c2ccc3c4ccc5ccccc5c4c4cccc5c4c3c2n5-c2ccccc2)cc1. The van der Waals surface area contributed by atoms with Gasteiger partial charge in [-0.2, -0.15) is 0 Å². The van der Waals surface area contributed by atoms with Crippen molar-refractivity contribution in [3.63, 3.8) is 0 Å². The molecule has 10 rings (SSSR count). The Morgan fingerprint density at radius 2 is 1.04 bits per heavy atom. The Hall–Kier alpha value is -6.06. The molecule has 0 saturated carbocycles. The topological polar surface area (TPSA) is 30.7 Å². The number of nitrogens with zero attached hydrogens (tertiary/aromatic N) is 3. The molecule has 0 aliphatic carbocycles. The van der Waals surface area contributed by atoms with E-state index in [0.717, 1.165) is 44.8 Å². The van der Waals surface area contributed by atoms with Crippen molar-refractivity contribution >= 4 is 65.2 Å². The summed E-state index contributed by atoms with van der Waals surface area (Å²) in [5.41, 5.74) is 9.14. The number of hydrogen-bond donors (Lipinski definition) is 0. The zero-order valence-corrected chi connectivity index (χ0v) is 24.3. The van der Waals surface area contributed by atoms with E-state index in [1.54, 1.807) is 0 Å². The highest BCUT2D eigenvalue weighted by atomic mass is 15.0. The third-order valence-electron chi connectivity index (χ3n) is 9.31. The molecular formula is C42H25N3. The van der Waals surface area contributed by atoms with Gasteiger partial charge in [-0.3, -0.25) is 0 Å². The van der Waals surface area contributed by atoms with E-state index in [9.17, 15) is 0 Å². The van der Waals surface area contributed by atoms with Crippen LogP contribution in [0.5, 0.6) is 0 Å². The molecule has 3 nitrogen and oxygen atoms in total. The molecule has 0 aliphatic rings. The van der Waals surface area contributed by atoms with Crippen molar-refractivity contribution in [1.29, 1.82) is 0 Å². The van der Waals surface area contributed by atoms with Crippen molar-refractivity contribution in [2.24, 2.45) is 0 Å². The first-order valence-electron chi connectivity index (χ1n) is 15.4. The van der Waals surface area contributed by atoms with Crippen molar-refractivity contribution in [3.8, 4) is 28.2 Å². The molecule has 0 amide bonds. The third-order valence-corrected chi connectivity index (χ3v) is 9.31. The van der Waals surface area contributed by atoms with Crippen LogP contribution in [0.15, 0.2) is 152 Å². The van der Waals surface area contributed by atoms with Gasteiger partial charge in [0, 0.05) is 27.6 Å². The fourth-order valence-corrected chi connectivity index (χ4v) is 7.43. The van der Waals surface area contributed by atoms with E-state index in [0.29, 0.717) is 0 Å². The summed E-state index contributed by atoms with van der Waals surface area (Å²) in [6, 6.07) is 54.0. The Balaban J connectivity index is 1.45. The molecule has 0 atom stereocenters. The maximum atomic E-state index is 5.36. The van der Waals surface area contributed by atoms with Crippen molar-refractivity contribution in [2.75, 3.05) is 0 Å². The van der Waals surface area contributed by atoms with Crippen LogP contribution in [0, 0.1) is 0 Å². The van der Waals surface area contributed by atoms with Crippen LogP contribution in [0.25, 0.3) is 93.4 Å². The summed E-state index contributed by atoms with van der Waals surface area (Å²) in [5, 5.41) is 10.2. The van der Waals surface area contributed by atoms with Crippen molar-refractivity contribution in [2.45, 2.75) is 0 Å². The minimum Gasteiger partial charge on any atom is -0.309 e. The fraction of sp³-hybridized carbons (Fsp3) is 0. The van der Waals surface area contributed by atoms with Gasteiger partial charge in [0.05, 0.1) is 33.5 Å². The molecule has 0 fully saturated rings. The summed E-state index contributed by atoms with van der Waals surface area (Å²) in [4.78, 5) is 10.6. The van der Waals surface area contributed by atoms with E-state index in [1.807, 2.05) is 24.3 Å². The Labute approximate surface area is 259 Å². The standard InChI is InChI=1S/C42H25N3/c1-3-13-27(14-4-1)40-41(44-35-20-10-9-19-34(35)43-40)33-25-24-31-30-23-22-26-12-7-8-17-29(26)37(30)32-18-11-21-36-38(32)39(31)42(33)45(36)28-15-5-2-6-16-28/h1-25H. The smallest absolute Gasteiger partial charge is 0.0994 e. The molecule has 10 aromatic rings. The number of rotatable bonds is 3. The Bertz CT molecular complexity index is 2740. The Morgan fingerprint density at radius 1 is 0.400 bits per heavy atom. The molecule has 2 aromatic heterocycles. The summed E-state index contributed by atoms with van der Waals surface area (Å²) in [7, 11) is 0. The minimum absolute atomic E-state index is 0.886. The molecule has 0 bridgehead atoms. The van der Waals surface area contributed by atoms with Crippen LogP contribution in [0.4, 0.5) is 0 Å². The van der Waals surface area contributed by atoms with Crippen LogP contribution >= 0.6 is 0 Å². The molecule has 0 unspecified atom stereocenters. The zero-order chi connectivity index (χ0) is 29.5. The van der Waals surface area contributed by atoms with Crippen LogP contribution in [-0.2, 0) is 0 Å². The molecule has 208 valence electrons. The maximum absolute atomic E-state index is 5.36. The molecule has 45 heavy (non-hydrogen) atoms. The maximum Gasteiger partial charge on any atom is 0.0994 e. The highest BCUT2D eigenvalue weighted by Gasteiger charge is 2.25. The van der Waals surface area contributed by atoms with Crippen LogP contribution in [-0.4, -0.2) is 14.5 Å². The number of hydrogen-bond acceptors (Lipinski definition) is 2. The summed E-state index contributed by atoms with van der Waals surface area (Å²) in [6.45, 7) is 0. The lowest BCUT2D eigenvalue weighted by Gasteiger charge is -2.16. The molecule has 2 heterocycles. The molecule has 0 N–H and O–H groups in total. The van der Waals surface area contributed by atoms with Gasteiger partial charge in [0.15, 0.2) is 0 Å². The number of fused-ring (bicyclic) bond motifs is 6. The highest BCUT2D eigenvalue weighted by Crippen LogP contribution is 2.48. The predicted octanol–water partition coefficient (Wildman–Crippen LogP) is 11.0. The Kier molecular flexibility index (Phi) is 5.00. The summed E-state index contributed by atoms with van der Waals surface area (Å²) >= 11 is 0. The van der Waals surface area contributed by atoms with Crippen LogP contribution in [0.1, 0.15) is 0 Å². The monoisotopic (exact) mass is 571 g/mol. The average Bonchev–Trinajstić information content (AvgIpc) is 3.47. The molecule has 3 heteroatoms. The summed E-state index contributed by atoms with van der Waals surface area (Å²) in [6.07, 6.45) is 0. The van der Waals surface area contributed by atoms with Crippen LogP contribution < -0.4 is 0 Å². The largest absolute Gasteiger partial charge is 0.309 e. The second-order valence-corrected chi connectivity index (χ2v) is 11.7. The molecule has 0 aliphatic heterocycles. The lowest BCUT2D eigenvalue weighted by atomic mass is 9.90. The van der Waals surface area contributed by atoms with Gasteiger partial charge in [-0.15, -0.1) is 0 Å².